The fourth-order valence-corrected chi connectivity index (χ4v) is 2.21. The topological polar surface area (TPSA) is 67.0 Å². The average Bonchev–Trinajstić information content (AvgIpc) is 2.79. The van der Waals surface area contributed by atoms with Crippen LogP contribution in [0.5, 0.6) is 0 Å². The third-order valence-electron chi connectivity index (χ3n) is 3.17. The Bertz CT molecular complexity index is 546. The molecule has 1 atom stereocenters. The largest absolute Gasteiger partial charge is 0.467 e. The van der Waals surface area contributed by atoms with E-state index in [1.54, 1.807) is 0 Å². The molecule has 0 aliphatic heterocycles. The molecule has 2 rings (SSSR count). The zero-order valence-electron chi connectivity index (χ0n) is 11.5. The van der Waals surface area contributed by atoms with Gasteiger partial charge in [-0.15, -0.1) is 0 Å². The Morgan fingerprint density at radius 1 is 1.47 bits per heavy atom. The minimum atomic E-state index is -0.766. The van der Waals surface area contributed by atoms with Crippen LogP contribution in [-0.4, -0.2) is 28.6 Å². The number of H-pyrrole nitrogens is 1. The molecule has 0 bridgehead atoms. The Morgan fingerprint density at radius 2 is 2.21 bits per heavy atom. The molecule has 0 spiro atoms. The van der Waals surface area contributed by atoms with Crippen LogP contribution in [0.15, 0.2) is 24.3 Å². The predicted molar refractivity (Wildman–Crippen MR) is 75.0 cm³/mol. The van der Waals surface area contributed by atoms with E-state index in [0.29, 0.717) is 12.4 Å². The Kier molecular flexibility index (Phi) is 3.74. The average molecular weight is 261 g/mol. The van der Waals surface area contributed by atoms with E-state index in [1.807, 2.05) is 38.1 Å². The number of anilines is 1. The van der Waals surface area contributed by atoms with Crippen molar-refractivity contribution >= 4 is 23.0 Å². The van der Waals surface area contributed by atoms with E-state index in [4.69, 9.17) is 4.74 Å². The highest BCUT2D eigenvalue weighted by Gasteiger charge is 2.34. The van der Waals surface area contributed by atoms with Crippen LogP contribution in [-0.2, 0) is 9.53 Å². The normalized spacial score (nSPS) is 14.1. The van der Waals surface area contributed by atoms with Gasteiger partial charge in [-0.1, -0.05) is 25.5 Å². The molecule has 1 aromatic carbocycles. The van der Waals surface area contributed by atoms with Crippen LogP contribution in [0.3, 0.4) is 0 Å². The lowest BCUT2D eigenvalue weighted by Gasteiger charge is -2.27. The Hall–Kier alpha value is -2.04. The van der Waals surface area contributed by atoms with Crippen molar-refractivity contribution in [3.8, 4) is 0 Å². The van der Waals surface area contributed by atoms with Gasteiger partial charge in [-0.3, -0.25) is 0 Å². The summed E-state index contributed by atoms with van der Waals surface area (Å²) in [5.41, 5.74) is 1.04. The van der Waals surface area contributed by atoms with E-state index in [0.717, 1.165) is 17.5 Å². The molecule has 5 heteroatoms. The number of hydrogen-bond acceptors (Lipinski definition) is 4. The lowest BCUT2D eigenvalue weighted by Crippen LogP contribution is -2.44. The summed E-state index contributed by atoms with van der Waals surface area (Å²) in [5.74, 6) is 0.303. The fraction of sp³-hybridized carbons (Fsp3) is 0.429. The standard InChI is InChI=1S/C14H19N3O2/c1-4-9-14(2,12(18)19-3)17-13-15-10-7-5-6-8-11(10)16-13/h5-8H,4,9H2,1-3H3,(H2,15,16,17). The molecule has 1 aromatic heterocycles. The third-order valence-corrected chi connectivity index (χ3v) is 3.17. The van der Waals surface area contributed by atoms with Crippen molar-refractivity contribution < 1.29 is 9.53 Å². The van der Waals surface area contributed by atoms with Gasteiger partial charge in [0, 0.05) is 0 Å². The molecule has 1 heterocycles. The van der Waals surface area contributed by atoms with Gasteiger partial charge < -0.3 is 15.0 Å². The molecule has 0 aliphatic rings. The molecule has 0 saturated heterocycles. The van der Waals surface area contributed by atoms with E-state index in [1.165, 1.54) is 7.11 Å². The van der Waals surface area contributed by atoms with Crippen LogP contribution in [0.25, 0.3) is 11.0 Å². The van der Waals surface area contributed by atoms with Gasteiger partial charge in [0.1, 0.15) is 5.54 Å². The number of carbonyl (C=O) groups excluding carboxylic acids is 1. The molecule has 2 aromatic rings. The van der Waals surface area contributed by atoms with Crippen molar-refractivity contribution in [3.05, 3.63) is 24.3 Å². The first-order valence-corrected chi connectivity index (χ1v) is 6.40. The molecule has 2 N–H and O–H groups in total. The minimum Gasteiger partial charge on any atom is -0.467 e. The number of imidazole rings is 1. The summed E-state index contributed by atoms with van der Waals surface area (Å²) >= 11 is 0. The smallest absolute Gasteiger partial charge is 0.331 e. The molecule has 1 unspecified atom stereocenters. The number of nitrogens with zero attached hydrogens (tertiary/aromatic N) is 1. The number of aromatic nitrogens is 2. The molecular weight excluding hydrogens is 242 g/mol. The maximum atomic E-state index is 11.9. The SMILES string of the molecule is CCCC(C)(Nc1nc2ccccc2[nH]1)C(=O)OC. The number of para-hydroxylation sites is 2. The van der Waals surface area contributed by atoms with Crippen molar-refractivity contribution in [2.45, 2.75) is 32.2 Å². The summed E-state index contributed by atoms with van der Waals surface area (Å²) in [6, 6.07) is 7.74. The highest BCUT2D eigenvalue weighted by molar-refractivity contribution is 5.84. The Labute approximate surface area is 112 Å². The maximum absolute atomic E-state index is 11.9. The van der Waals surface area contributed by atoms with Gasteiger partial charge in [0.15, 0.2) is 0 Å². The van der Waals surface area contributed by atoms with Gasteiger partial charge in [-0.25, -0.2) is 9.78 Å². The van der Waals surface area contributed by atoms with Crippen LogP contribution >= 0.6 is 0 Å². The number of benzene rings is 1. The van der Waals surface area contributed by atoms with E-state index >= 15 is 0 Å². The van der Waals surface area contributed by atoms with Crippen molar-refractivity contribution in [1.82, 2.24) is 9.97 Å². The summed E-state index contributed by atoms with van der Waals surface area (Å²) in [4.78, 5) is 19.5. The van der Waals surface area contributed by atoms with Crippen LogP contribution in [0.2, 0.25) is 0 Å². The number of methoxy groups -OCH3 is 1. The molecule has 5 nitrogen and oxygen atoms in total. The number of ether oxygens (including phenoxy) is 1. The van der Waals surface area contributed by atoms with Crippen molar-refractivity contribution in [3.63, 3.8) is 0 Å². The molecule has 19 heavy (non-hydrogen) atoms. The third kappa shape index (κ3) is 2.70. The quantitative estimate of drug-likeness (QED) is 0.812. The first kappa shape index (κ1) is 13.4. The fourth-order valence-electron chi connectivity index (χ4n) is 2.21. The molecule has 0 fully saturated rings. The second-order valence-electron chi connectivity index (χ2n) is 4.80. The number of fused-ring (bicyclic) bond motifs is 1. The van der Waals surface area contributed by atoms with Gasteiger partial charge in [0.05, 0.1) is 18.1 Å². The van der Waals surface area contributed by atoms with Gasteiger partial charge >= 0.3 is 5.97 Å². The number of carbonyl (C=O) groups is 1. The summed E-state index contributed by atoms with van der Waals surface area (Å²) in [5, 5.41) is 3.16. The summed E-state index contributed by atoms with van der Waals surface area (Å²) in [7, 11) is 1.40. The zero-order chi connectivity index (χ0) is 13.9. The molecule has 0 amide bonds. The van der Waals surface area contributed by atoms with E-state index < -0.39 is 5.54 Å². The highest BCUT2D eigenvalue weighted by Crippen LogP contribution is 2.22. The minimum absolute atomic E-state index is 0.283. The Balaban J connectivity index is 2.28. The van der Waals surface area contributed by atoms with E-state index in [9.17, 15) is 4.79 Å². The number of nitrogens with one attached hydrogen (secondary N) is 2. The first-order chi connectivity index (χ1) is 9.09. The van der Waals surface area contributed by atoms with Gasteiger partial charge in [0.25, 0.3) is 0 Å². The van der Waals surface area contributed by atoms with Crippen LogP contribution in [0.1, 0.15) is 26.7 Å². The van der Waals surface area contributed by atoms with E-state index in [-0.39, 0.29) is 5.97 Å². The van der Waals surface area contributed by atoms with Crippen molar-refractivity contribution in [1.29, 1.82) is 0 Å². The maximum Gasteiger partial charge on any atom is 0.331 e. The number of esters is 1. The van der Waals surface area contributed by atoms with Crippen LogP contribution in [0, 0.1) is 0 Å². The zero-order valence-corrected chi connectivity index (χ0v) is 11.5. The molecular formula is C14H19N3O2. The first-order valence-electron chi connectivity index (χ1n) is 6.40. The summed E-state index contributed by atoms with van der Waals surface area (Å²) < 4.78 is 4.87. The lowest BCUT2D eigenvalue weighted by molar-refractivity contribution is -0.145. The lowest BCUT2D eigenvalue weighted by atomic mass is 9.96. The molecule has 0 radical (unpaired) electrons. The van der Waals surface area contributed by atoms with E-state index in [2.05, 4.69) is 15.3 Å². The highest BCUT2D eigenvalue weighted by atomic mass is 16.5. The molecule has 0 aliphatic carbocycles. The van der Waals surface area contributed by atoms with Crippen LogP contribution in [0.4, 0.5) is 5.95 Å². The van der Waals surface area contributed by atoms with Crippen LogP contribution < -0.4 is 5.32 Å². The van der Waals surface area contributed by atoms with Crippen molar-refractivity contribution in [2.24, 2.45) is 0 Å². The monoisotopic (exact) mass is 261 g/mol. The molecule has 0 saturated carbocycles. The second-order valence-corrected chi connectivity index (χ2v) is 4.80. The summed E-state index contributed by atoms with van der Waals surface area (Å²) in [6.07, 6.45) is 1.55. The van der Waals surface area contributed by atoms with Gasteiger partial charge in [-0.05, 0) is 25.5 Å². The van der Waals surface area contributed by atoms with Crippen molar-refractivity contribution in [2.75, 3.05) is 12.4 Å². The Morgan fingerprint density at radius 3 is 2.84 bits per heavy atom. The van der Waals surface area contributed by atoms with Gasteiger partial charge in [-0.2, -0.15) is 0 Å². The second kappa shape index (κ2) is 5.30. The molecule has 102 valence electrons. The predicted octanol–water partition coefficient (Wildman–Crippen LogP) is 2.71. The van der Waals surface area contributed by atoms with Gasteiger partial charge in [0.2, 0.25) is 5.95 Å². The summed E-state index contributed by atoms with van der Waals surface area (Å²) in [6.45, 7) is 3.86. The number of hydrogen-bond donors (Lipinski definition) is 2. The number of rotatable bonds is 5. The number of aromatic amines is 1.